The van der Waals surface area contributed by atoms with E-state index >= 15 is 0 Å². The van der Waals surface area contributed by atoms with Crippen LogP contribution in [0, 0.1) is 17.7 Å². The molecule has 1 aromatic rings. The van der Waals surface area contributed by atoms with E-state index in [4.69, 9.17) is 5.11 Å². The van der Waals surface area contributed by atoms with Crippen LogP contribution in [0.1, 0.15) is 26.3 Å². The van der Waals surface area contributed by atoms with E-state index in [0.29, 0.717) is 5.56 Å². The predicted octanol–water partition coefficient (Wildman–Crippen LogP) is 2.23. The highest BCUT2D eigenvalue weighted by molar-refractivity contribution is 5.80. The molecule has 0 aliphatic rings. The summed E-state index contributed by atoms with van der Waals surface area (Å²) in [7, 11) is 0. The third kappa shape index (κ3) is 4.33. The van der Waals surface area contributed by atoms with Gasteiger partial charge in [-0.1, -0.05) is 25.1 Å². The Kier molecular flexibility index (Phi) is 5.67. The van der Waals surface area contributed by atoms with E-state index in [9.17, 15) is 14.0 Å². The molecule has 2 N–H and O–H groups in total. The summed E-state index contributed by atoms with van der Waals surface area (Å²) in [5, 5.41) is 11.5. The second-order valence-electron chi connectivity index (χ2n) is 5.12. The Bertz CT molecular complexity index is 490. The van der Waals surface area contributed by atoms with Gasteiger partial charge in [-0.2, -0.15) is 0 Å². The molecule has 0 spiro atoms. The van der Waals surface area contributed by atoms with Gasteiger partial charge < -0.3 is 10.4 Å². The molecule has 0 aliphatic heterocycles. The number of hydrogen-bond donors (Lipinski definition) is 2. The number of carbonyl (C=O) groups excluding carboxylic acids is 1. The standard InChI is InChI=1S/C15H20FNO3/c1-9(8-12-6-4-5-7-13(12)16)14(18)17-11(3)10(2)15(19)20/h4-7,9-11H,8H2,1-3H3,(H,17,18)(H,19,20). The summed E-state index contributed by atoms with van der Waals surface area (Å²) in [6.07, 6.45) is 0.284. The molecule has 1 amide bonds. The lowest BCUT2D eigenvalue weighted by atomic mass is 9.98. The zero-order valence-corrected chi connectivity index (χ0v) is 11.9. The number of carboxylic acids is 1. The zero-order chi connectivity index (χ0) is 15.3. The summed E-state index contributed by atoms with van der Waals surface area (Å²) in [5.41, 5.74) is 0.481. The van der Waals surface area contributed by atoms with E-state index in [1.165, 1.54) is 13.0 Å². The van der Waals surface area contributed by atoms with Gasteiger partial charge in [0.15, 0.2) is 0 Å². The normalized spacial score (nSPS) is 15.2. The molecule has 4 nitrogen and oxygen atoms in total. The largest absolute Gasteiger partial charge is 0.481 e. The second kappa shape index (κ2) is 7.03. The van der Waals surface area contributed by atoms with Crippen molar-refractivity contribution in [2.45, 2.75) is 33.2 Å². The fraction of sp³-hybridized carbons (Fsp3) is 0.467. The molecule has 0 saturated carbocycles. The third-order valence-electron chi connectivity index (χ3n) is 3.44. The molecule has 0 heterocycles. The van der Waals surface area contributed by atoms with Crippen molar-refractivity contribution in [3.63, 3.8) is 0 Å². The number of carbonyl (C=O) groups is 2. The van der Waals surface area contributed by atoms with Crippen LogP contribution in [0.4, 0.5) is 4.39 Å². The zero-order valence-electron chi connectivity index (χ0n) is 11.9. The minimum atomic E-state index is -0.959. The Morgan fingerprint density at radius 1 is 1.25 bits per heavy atom. The summed E-state index contributed by atoms with van der Waals surface area (Å²) in [6.45, 7) is 4.88. The van der Waals surface area contributed by atoms with Gasteiger partial charge in [0.25, 0.3) is 0 Å². The number of hydrogen-bond acceptors (Lipinski definition) is 2. The highest BCUT2D eigenvalue weighted by Gasteiger charge is 2.23. The van der Waals surface area contributed by atoms with E-state index in [1.54, 1.807) is 32.0 Å². The number of aliphatic carboxylic acids is 1. The molecule has 0 aromatic heterocycles. The maximum absolute atomic E-state index is 13.5. The third-order valence-corrected chi connectivity index (χ3v) is 3.44. The minimum absolute atomic E-state index is 0.270. The van der Waals surface area contributed by atoms with Gasteiger partial charge in [-0.25, -0.2) is 4.39 Å². The molecule has 3 unspecified atom stereocenters. The first kappa shape index (κ1) is 16.1. The van der Waals surface area contributed by atoms with Crippen molar-refractivity contribution in [1.29, 1.82) is 0 Å². The predicted molar refractivity (Wildman–Crippen MR) is 73.7 cm³/mol. The van der Waals surface area contributed by atoms with Crippen molar-refractivity contribution in [3.05, 3.63) is 35.6 Å². The summed E-state index contributed by atoms with van der Waals surface area (Å²) in [5.74, 6) is -2.65. The summed E-state index contributed by atoms with van der Waals surface area (Å²) in [4.78, 5) is 22.8. The quantitative estimate of drug-likeness (QED) is 0.840. The van der Waals surface area contributed by atoms with Crippen LogP contribution >= 0.6 is 0 Å². The number of amides is 1. The van der Waals surface area contributed by atoms with Crippen LogP contribution in [-0.4, -0.2) is 23.0 Å². The molecule has 5 heteroatoms. The van der Waals surface area contributed by atoms with Gasteiger partial charge in [0, 0.05) is 12.0 Å². The molecular formula is C15H20FNO3. The number of benzene rings is 1. The van der Waals surface area contributed by atoms with Crippen LogP contribution in [0.5, 0.6) is 0 Å². The molecule has 1 aromatic carbocycles. The van der Waals surface area contributed by atoms with Crippen LogP contribution in [0.2, 0.25) is 0 Å². The fourth-order valence-corrected chi connectivity index (χ4v) is 1.79. The second-order valence-corrected chi connectivity index (χ2v) is 5.12. The number of nitrogens with one attached hydrogen (secondary N) is 1. The van der Waals surface area contributed by atoms with E-state index in [-0.39, 0.29) is 18.1 Å². The average Bonchev–Trinajstić information content (AvgIpc) is 2.40. The molecule has 1 rings (SSSR count). The molecule has 0 bridgehead atoms. The lowest BCUT2D eigenvalue weighted by Gasteiger charge is -2.20. The number of carboxylic acid groups (broad SMARTS) is 1. The van der Waals surface area contributed by atoms with Gasteiger partial charge in [0.05, 0.1) is 5.92 Å². The molecule has 110 valence electrons. The van der Waals surface area contributed by atoms with Crippen LogP contribution in [0.25, 0.3) is 0 Å². The van der Waals surface area contributed by atoms with Gasteiger partial charge in [0.2, 0.25) is 5.91 Å². The Labute approximate surface area is 118 Å². The molecule has 0 aliphatic carbocycles. The van der Waals surface area contributed by atoms with Gasteiger partial charge in [-0.15, -0.1) is 0 Å². The average molecular weight is 281 g/mol. The first-order valence-electron chi connectivity index (χ1n) is 6.59. The Balaban J connectivity index is 2.60. The Morgan fingerprint density at radius 3 is 2.40 bits per heavy atom. The molecule has 0 fully saturated rings. The maximum atomic E-state index is 13.5. The van der Waals surface area contributed by atoms with Crippen molar-refractivity contribution >= 4 is 11.9 Å². The Morgan fingerprint density at radius 2 is 1.85 bits per heavy atom. The first-order valence-corrected chi connectivity index (χ1v) is 6.59. The van der Waals surface area contributed by atoms with E-state index in [0.717, 1.165) is 0 Å². The summed E-state index contributed by atoms with van der Waals surface area (Å²) < 4.78 is 13.5. The van der Waals surface area contributed by atoms with Crippen LogP contribution in [-0.2, 0) is 16.0 Å². The molecule has 0 radical (unpaired) electrons. The van der Waals surface area contributed by atoms with E-state index < -0.39 is 23.8 Å². The monoisotopic (exact) mass is 281 g/mol. The number of rotatable bonds is 6. The lowest BCUT2D eigenvalue weighted by Crippen LogP contribution is -2.42. The van der Waals surface area contributed by atoms with Crippen LogP contribution in [0.3, 0.4) is 0 Å². The topological polar surface area (TPSA) is 66.4 Å². The molecular weight excluding hydrogens is 261 g/mol. The molecule has 0 saturated heterocycles. The van der Waals surface area contributed by atoms with Gasteiger partial charge >= 0.3 is 5.97 Å². The SMILES string of the molecule is CC(Cc1ccccc1F)C(=O)NC(C)C(C)C(=O)O. The number of halogens is 1. The highest BCUT2D eigenvalue weighted by Crippen LogP contribution is 2.13. The highest BCUT2D eigenvalue weighted by atomic mass is 19.1. The minimum Gasteiger partial charge on any atom is -0.481 e. The van der Waals surface area contributed by atoms with E-state index in [1.807, 2.05) is 0 Å². The van der Waals surface area contributed by atoms with Crippen molar-refractivity contribution in [3.8, 4) is 0 Å². The summed E-state index contributed by atoms with van der Waals surface area (Å²) in [6, 6.07) is 5.85. The van der Waals surface area contributed by atoms with Crippen molar-refractivity contribution in [2.24, 2.45) is 11.8 Å². The van der Waals surface area contributed by atoms with Gasteiger partial charge in [-0.05, 0) is 31.9 Å². The van der Waals surface area contributed by atoms with Gasteiger partial charge in [-0.3, -0.25) is 9.59 Å². The maximum Gasteiger partial charge on any atom is 0.308 e. The molecule has 20 heavy (non-hydrogen) atoms. The summed E-state index contributed by atoms with van der Waals surface area (Å²) >= 11 is 0. The fourth-order valence-electron chi connectivity index (χ4n) is 1.79. The van der Waals surface area contributed by atoms with E-state index in [2.05, 4.69) is 5.32 Å². The van der Waals surface area contributed by atoms with Crippen molar-refractivity contribution in [1.82, 2.24) is 5.32 Å². The van der Waals surface area contributed by atoms with Crippen LogP contribution < -0.4 is 5.32 Å². The Hall–Kier alpha value is -1.91. The lowest BCUT2D eigenvalue weighted by molar-refractivity contribution is -0.142. The van der Waals surface area contributed by atoms with Crippen LogP contribution in [0.15, 0.2) is 24.3 Å². The van der Waals surface area contributed by atoms with Crippen molar-refractivity contribution < 1.29 is 19.1 Å². The van der Waals surface area contributed by atoms with Crippen molar-refractivity contribution in [2.75, 3.05) is 0 Å². The molecule has 3 atom stereocenters. The first-order chi connectivity index (χ1) is 9.32. The van der Waals surface area contributed by atoms with Gasteiger partial charge in [0.1, 0.15) is 5.82 Å². The smallest absolute Gasteiger partial charge is 0.308 e.